The second-order valence-electron chi connectivity index (χ2n) is 7.91. The Kier molecular flexibility index (Phi) is 7.71. The van der Waals surface area contributed by atoms with E-state index in [1.807, 2.05) is 68.4 Å². The zero-order valence-corrected chi connectivity index (χ0v) is 19.0. The fourth-order valence-electron chi connectivity index (χ4n) is 3.43. The van der Waals surface area contributed by atoms with Crippen molar-refractivity contribution in [1.82, 2.24) is 14.8 Å². The van der Waals surface area contributed by atoms with Gasteiger partial charge in [-0.05, 0) is 23.3 Å². The van der Waals surface area contributed by atoms with Crippen LogP contribution >= 0.6 is 11.6 Å². The number of halogens is 1. The molecular formula is C23H27ClN4O4. The van der Waals surface area contributed by atoms with E-state index < -0.39 is 23.3 Å². The van der Waals surface area contributed by atoms with E-state index in [9.17, 15) is 4.79 Å². The summed E-state index contributed by atoms with van der Waals surface area (Å²) in [5.74, 6) is 0.244. The zero-order valence-electron chi connectivity index (χ0n) is 18.2. The standard InChI is InChI=1S/C23H27ClN4O4/c1-23(2,21(24)32-22(25)29)19(13-30-3)20(28-15-26-14-27-28)31-18-11-9-17(10-12-18)16-7-5-4-6-8-16/h4-12,14-15,19-21H,13H2,1-3H3,(H2,25,29). The van der Waals surface area contributed by atoms with Gasteiger partial charge in [-0.15, -0.1) is 0 Å². The van der Waals surface area contributed by atoms with Crippen LogP contribution in [-0.2, 0) is 9.47 Å². The monoisotopic (exact) mass is 458 g/mol. The van der Waals surface area contributed by atoms with Crippen molar-refractivity contribution in [3.63, 3.8) is 0 Å². The number of hydrogen-bond acceptors (Lipinski definition) is 6. The first-order chi connectivity index (χ1) is 15.3. The quantitative estimate of drug-likeness (QED) is 0.450. The topological polar surface area (TPSA) is 101 Å². The highest BCUT2D eigenvalue weighted by Crippen LogP contribution is 2.42. The molecule has 0 radical (unpaired) electrons. The van der Waals surface area contributed by atoms with E-state index in [4.69, 9.17) is 31.5 Å². The van der Waals surface area contributed by atoms with Crippen molar-refractivity contribution in [2.45, 2.75) is 25.6 Å². The average Bonchev–Trinajstić information content (AvgIpc) is 3.31. The summed E-state index contributed by atoms with van der Waals surface area (Å²) in [7, 11) is 1.58. The molecule has 0 aliphatic carbocycles. The molecule has 0 spiro atoms. The Hall–Kier alpha value is -3.10. The number of hydrogen-bond donors (Lipinski definition) is 1. The maximum Gasteiger partial charge on any atom is 0.406 e. The lowest BCUT2D eigenvalue weighted by Gasteiger charge is -2.40. The van der Waals surface area contributed by atoms with Gasteiger partial charge in [-0.1, -0.05) is 67.9 Å². The third kappa shape index (κ3) is 5.57. The number of nitrogens with two attached hydrogens (primary N) is 1. The maximum absolute atomic E-state index is 11.3. The van der Waals surface area contributed by atoms with Gasteiger partial charge in [-0.25, -0.2) is 14.5 Å². The summed E-state index contributed by atoms with van der Waals surface area (Å²) in [5.41, 5.74) is 5.55. The van der Waals surface area contributed by atoms with E-state index in [2.05, 4.69) is 10.1 Å². The summed E-state index contributed by atoms with van der Waals surface area (Å²) in [6.45, 7) is 3.96. The number of alkyl halides is 1. The molecule has 8 nitrogen and oxygen atoms in total. The molecule has 1 heterocycles. The summed E-state index contributed by atoms with van der Waals surface area (Å²) >= 11 is 6.42. The van der Waals surface area contributed by atoms with E-state index >= 15 is 0 Å². The summed E-state index contributed by atoms with van der Waals surface area (Å²) < 4.78 is 18.5. The zero-order chi connectivity index (χ0) is 23.1. The first-order valence-electron chi connectivity index (χ1n) is 10.1. The Morgan fingerprint density at radius 2 is 1.78 bits per heavy atom. The molecule has 32 heavy (non-hydrogen) atoms. The minimum Gasteiger partial charge on any atom is -0.468 e. The van der Waals surface area contributed by atoms with E-state index in [1.54, 1.807) is 18.1 Å². The van der Waals surface area contributed by atoms with Crippen LogP contribution in [0.25, 0.3) is 11.1 Å². The Balaban J connectivity index is 1.91. The highest BCUT2D eigenvalue weighted by Gasteiger charge is 2.45. The van der Waals surface area contributed by atoms with Crippen molar-refractivity contribution in [3.8, 4) is 16.9 Å². The molecule has 2 aromatic carbocycles. The number of carbonyl (C=O) groups excluding carboxylic acids is 1. The Morgan fingerprint density at radius 1 is 1.12 bits per heavy atom. The molecule has 0 aliphatic rings. The molecule has 0 saturated heterocycles. The molecule has 3 aromatic rings. The smallest absolute Gasteiger partial charge is 0.406 e. The average molecular weight is 459 g/mol. The summed E-state index contributed by atoms with van der Waals surface area (Å²) in [4.78, 5) is 15.3. The number of carbonyl (C=O) groups is 1. The SMILES string of the molecule is COCC(C(Oc1ccc(-c2ccccc2)cc1)n1cncn1)C(C)(C)C(Cl)OC(N)=O. The lowest BCUT2D eigenvalue weighted by molar-refractivity contribution is -0.0745. The van der Waals surface area contributed by atoms with Gasteiger partial charge in [0.15, 0.2) is 11.8 Å². The predicted octanol–water partition coefficient (Wildman–Crippen LogP) is 4.47. The molecule has 9 heteroatoms. The van der Waals surface area contributed by atoms with Crippen molar-refractivity contribution in [2.75, 3.05) is 13.7 Å². The Bertz CT molecular complexity index is 981. The van der Waals surface area contributed by atoms with Crippen LogP contribution in [0.3, 0.4) is 0 Å². The van der Waals surface area contributed by atoms with Gasteiger partial charge in [0.1, 0.15) is 18.4 Å². The van der Waals surface area contributed by atoms with E-state index in [0.29, 0.717) is 5.75 Å². The third-order valence-electron chi connectivity index (χ3n) is 5.37. The maximum atomic E-state index is 11.3. The molecule has 170 valence electrons. The number of primary amides is 1. The lowest BCUT2D eigenvalue weighted by Crippen LogP contribution is -2.45. The van der Waals surface area contributed by atoms with Crippen LogP contribution in [0.1, 0.15) is 20.1 Å². The number of amides is 1. The highest BCUT2D eigenvalue weighted by atomic mass is 35.5. The molecular weight excluding hydrogens is 432 g/mol. The molecule has 0 fully saturated rings. The van der Waals surface area contributed by atoms with Crippen molar-refractivity contribution in [1.29, 1.82) is 0 Å². The predicted molar refractivity (Wildman–Crippen MR) is 121 cm³/mol. The third-order valence-corrected chi connectivity index (χ3v) is 6.02. The van der Waals surface area contributed by atoms with Gasteiger partial charge in [0.25, 0.3) is 0 Å². The van der Waals surface area contributed by atoms with Crippen LogP contribution < -0.4 is 10.5 Å². The minimum absolute atomic E-state index is 0.255. The Labute approximate surface area is 192 Å². The summed E-state index contributed by atoms with van der Waals surface area (Å²) in [6.07, 6.45) is 1.38. The normalized spacial score (nSPS) is 14.4. The fraction of sp³-hybridized carbons (Fsp3) is 0.348. The number of benzene rings is 2. The van der Waals surface area contributed by atoms with E-state index in [0.717, 1.165) is 11.1 Å². The number of rotatable bonds is 10. The second-order valence-corrected chi connectivity index (χ2v) is 8.31. The lowest BCUT2D eigenvalue weighted by atomic mass is 9.78. The van der Waals surface area contributed by atoms with Crippen LogP contribution in [0.4, 0.5) is 4.79 Å². The number of nitrogens with zero attached hydrogens (tertiary/aromatic N) is 3. The number of aromatic nitrogens is 3. The Morgan fingerprint density at radius 3 is 2.34 bits per heavy atom. The highest BCUT2D eigenvalue weighted by molar-refractivity contribution is 6.20. The molecule has 0 bridgehead atoms. The molecule has 3 rings (SSSR count). The van der Waals surface area contributed by atoms with E-state index in [-0.39, 0.29) is 12.5 Å². The molecule has 3 unspecified atom stereocenters. The van der Waals surface area contributed by atoms with E-state index in [1.165, 1.54) is 6.33 Å². The largest absolute Gasteiger partial charge is 0.468 e. The molecule has 1 aromatic heterocycles. The van der Waals surface area contributed by atoms with Gasteiger partial charge in [-0.3, -0.25) is 0 Å². The second kappa shape index (κ2) is 10.5. The van der Waals surface area contributed by atoms with Gasteiger partial charge in [0.2, 0.25) is 0 Å². The van der Waals surface area contributed by atoms with Gasteiger partial charge in [-0.2, -0.15) is 5.10 Å². The fourth-order valence-corrected chi connectivity index (χ4v) is 3.68. The number of methoxy groups -OCH3 is 1. The first kappa shape index (κ1) is 23.6. The summed E-state index contributed by atoms with van der Waals surface area (Å²) in [5, 5.41) is 4.26. The first-order valence-corrected chi connectivity index (χ1v) is 10.5. The van der Waals surface area contributed by atoms with Crippen LogP contribution in [0, 0.1) is 11.3 Å². The van der Waals surface area contributed by atoms with Crippen molar-refractivity contribution < 1.29 is 19.0 Å². The van der Waals surface area contributed by atoms with Gasteiger partial charge in [0, 0.05) is 12.5 Å². The molecule has 0 saturated carbocycles. The van der Waals surface area contributed by atoms with Crippen molar-refractivity contribution in [3.05, 3.63) is 67.3 Å². The number of ether oxygens (including phenoxy) is 3. The van der Waals surface area contributed by atoms with Crippen LogP contribution in [0.15, 0.2) is 67.3 Å². The van der Waals surface area contributed by atoms with Gasteiger partial charge in [0.05, 0.1) is 12.5 Å². The minimum atomic E-state index is -1.02. The molecule has 2 N–H and O–H groups in total. The van der Waals surface area contributed by atoms with Crippen LogP contribution in [0.2, 0.25) is 0 Å². The molecule has 0 aliphatic heterocycles. The molecule has 1 amide bonds. The molecule has 3 atom stereocenters. The van der Waals surface area contributed by atoms with Crippen LogP contribution in [-0.4, -0.2) is 40.1 Å². The van der Waals surface area contributed by atoms with Crippen molar-refractivity contribution in [2.24, 2.45) is 17.1 Å². The van der Waals surface area contributed by atoms with Crippen molar-refractivity contribution >= 4 is 17.7 Å². The van der Waals surface area contributed by atoms with Gasteiger partial charge >= 0.3 is 6.09 Å². The summed E-state index contributed by atoms with van der Waals surface area (Å²) in [6, 6.07) is 17.8. The van der Waals surface area contributed by atoms with Gasteiger partial charge < -0.3 is 19.9 Å². The van der Waals surface area contributed by atoms with Crippen LogP contribution in [0.5, 0.6) is 5.75 Å².